The third kappa shape index (κ3) is 5.06. The number of amides is 2. The van der Waals surface area contributed by atoms with Gasteiger partial charge in [0.05, 0.1) is 0 Å². The molecule has 3 aromatic rings. The summed E-state index contributed by atoms with van der Waals surface area (Å²) in [5.74, 6) is -0.734. The zero-order valence-corrected chi connectivity index (χ0v) is 18.2. The summed E-state index contributed by atoms with van der Waals surface area (Å²) in [7, 11) is 1.63. The van der Waals surface area contributed by atoms with Gasteiger partial charge in [-0.05, 0) is 62.2 Å². The molecule has 0 fully saturated rings. The second-order valence-corrected chi connectivity index (χ2v) is 7.52. The quantitative estimate of drug-likeness (QED) is 0.644. The molecule has 0 spiro atoms. The van der Waals surface area contributed by atoms with Crippen molar-refractivity contribution in [2.45, 2.75) is 27.2 Å². The SMILES string of the molecule is Cc1ccc(C(=O)NCCc2ccccn2)cc1NC(=O)c1c(C)cc(C)n(C)c1=O. The Bertz CT molecular complexity index is 1180. The first-order valence-corrected chi connectivity index (χ1v) is 10.0. The second kappa shape index (κ2) is 9.38. The Balaban J connectivity index is 1.74. The molecule has 0 unspecified atom stereocenters. The average molecular weight is 418 g/mol. The number of carbonyl (C=O) groups is 2. The molecule has 2 amide bonds. The van der Waals surface area contributed by atoms with Gasteiger partial charge in [-0.25, -0.2) is 0 Å². The molecule has 0 saturated heterocycles. The molecule has 7 nitrogen and oxygen atoms in total. The molecular weight excluding hydrogens is 392 g/mol. The number of carbonyl (C=O) groups excluding carboxylic acids is 2. The minimum absolute atomic E-state index is 0.0951. The molecule has 3 rings (SSSR count). The lowest BCUT2D eigenvalue weighted by Gasteiger charge is -2.13. The third-order valence-electron chi connectivity index (χ3n) is 5.24. The van der Waals surface area contributed by atoms with Crippen molar-refractivity contribution < 1.29 is 9.59 Å². The van der Waals surface area contributed by atoms with Crippen molar-refractivity contribution in [3.05, 3.63) is 92.7 Å². The molecule has 0 aliphatic carbocycles. The molecule has 0 atom stereocenters. The van der Waals surface area contributed by atoms with Gasteiger partial charge in [-0.1, -0.05) is 12.1 Å². The summed E-state index contributed by atoms with van der Waals surface area (Å²) >= 11 is 0. The van der Waals surface area contributed by atoms with Crippen LogP contribution in [-0.4, -0.2) is 27.9 Å². The molecule has 0 aliphatic rings. The number of rotatable bonds is 6. The van der Waals surface area contributed by atoms with Crippen LogP contribution < -0.4 is 16.2 Å². The summed E-state index contributed by atoms with van der Waals surface area (Å²) in [6.45, 7) is 5.83. The van der Waals surface area contributed by atoms with Crippen molar-refractivity contribution in [2.75, 3.05) is 11.9 Å². The second-order valence-electron chi connectivity index (χ2n) is 7.52. The van der Waals surface area contributed by atoms with Gasteiger partial charge in [0, 0.05) is 48.8 Å². The van der Waals surface area contributed by atoms with Gasteiger partial charge in [-0.15, -0.1) is 0 Å². The van der Waals surface area contributed by atoms with Crippen LogP contribution in [-0.2, 0) is 13.5 Å². The number of anilines is 1. The summed E-state index contributed by atoms with van der Waals surface area (Å²) < 4.78 is 1.44. The average Bonchev–Trinajstić information content (AvgIpc) is 2.74. The van der Waals surface area contributed by atoms with Gasteiger partial charge in [0.1, 0.15) is 5.56 Å². The Morgan fingerprint density at radius 2 is 1.77 bits per heavy atom. The van der Waals surface area contributed by atoms with Gasteiger partial charge in [-0.2, -0.15) is 0 Å². The molecule has 160 valence electrons. The summed E-state index contributed by atoms with van der Waals surface area (Å²) in [5, 5.41) is 5.66. The highest BCUT2D eigenvalue weighted by molar-refractivity contribution is 6.06. The summed E-state index contributed by atoms with van der Waals surface area (Å²) in [6, 6.07) is 12.6. The zero-order valence-electron chi connectivity index (χ0n) is 18.2. The molecule has 1 aromatic carbocycles. The minimum Gasteiger partial charge on any atom is -0.352 e. The Morgan fingerprint density at radius 3 is 2.48 bits per heavy atom. The molecule has 2 aromatic heterocycles. The highest BCUT2D eigenvalue weighted by Gasteiger charge is 2.18. The number of nitrogens with one attached hydrogen (secondary N) is 2. The molecule has 0 aliphatic heterocycles. The number of aryl methyl sites for hydroxylation is 3. The summed E-state index contributed by atoms with van der Waals surface area (Å²) in [5.41, 5.74) is 3.74. The molecule has 2 N–H and O–H groups in total. The van der Waals surface area contributed by atoms with E-state index in [0.29, 0.717) is 29.8 Å². The lowest BCUT2D eigenvalue weighted by molar-refractivity contribution is 0.0952. The number of benzene rings is 1. The fourth-order valence-corrected chi connectivity index (χ4v) is 3.29. The van der Waals surface area contributed by atoms with Gasteiger partial charge >= 0.3 is 0 Å². The number of nitrogens with zero attached hydrogens (tertiary/aromatic N) is 2. The van der Waals surface area contributed by atoms with Crippen LogP contribution in [0.15, 0.2) is 53.5 Å². The van der Waals surface area contributed by atoms with Crippen molar-refractivity contribution in [3.8, 4) is 0 Å². The van der Waals surface area contributed by atoms with Gasteiger partial charge in [-0.3, -0.25) is 19.4 Å². The van der Waals surface area contributed by atoms with Gasteiger partial charge in [0.25, 0.3) is 17.4 Å². The first-order chi connectivity index (χ1) is 14.8. The van der Waals surface area contributed by atoms with Crippen LogP contribution in [0.4, 0.5) is 5.69 Å². The predicted molar refractivity (Wildman–Crippen MR) is 121 cm³/mol. The number of hydrogen-bond donors (Lipinski definition) is 2. The third-order valence-corrected chi connectivity index (χ3v) is 5.24. The van der Waals surface area contributed by atoms with E-state index < -0.39 is 5.91 Å². The van der Waals surface area contributed by atoms with E-state index in [9.17, 15) is 14.4 Å². The lowest BCUT2D eigenvalue weighted by atomic mass is 10.1. The van der Waals surface area contributed by atoms with Crippen molar-refractivity contribution in [1.82, 2.24) is 14.9 Å². The normalized spacial score (nSPS) is 10.6. The van der Waals surface area contributed by atoms with E-state index in [1.54, 1.807) is 44.4 Å². The van der Waals surface area contributed by atoms with Gasteiger partial charge < -0.3 is 15.2 Å². The lowest BCUT2D eigenvalue weighted by Crippen LogP contribution is -2.30. The number of hydrogen-bond acceptors (Lipinski definition) is 4. The van der Waals surface area contributed by atoms with Crippen molar-refractivity contribution in [2.24, 2.45) is 7.05 Å². The van der Waals surface area contributed by atoms with E-state index in [0.717, 1.165) is 17.0 Å². The topological polar surface area (TPSA) is 93.1 Å². The van der Waals surface area contributed by atoms with Crippen LogP contribution in [0, 0.1) is 20.8 Å². The highest BCUT2D eigenvalue weighted by Crippen LogP contribution is 2.18. The molecule has 7 heteroatoms. The van der Waals surface area contributed by atoms with Crippen LogP contribution in [0.3, 0.4) is 0 Å². The highest BCUT2D eigenvalue weighted by atomic mass is 16.2. The maximum atomic E-state index is 12.8. The van der Waals surface area contributed by atoms with Crippen LogP contribution in [0.5, 0.6) is 0 Å². The predicted octanol–water partition coefficient (Wildman–Crippen LogP) is 2.93. The van der Waals surface area contributed by atoms with Crippen LogP contribution in [0.2, 0.25) is 0 Å². The van der Waals surface area contributed by atoms with E-state index in [2.05, 4.69) is 15.6 Å². The Kier molecular flexibility index (Phi) is 6.65. The van der Waals surface area contributed by atoms with E-state index >= 15 is 0 Å². The summed E-state index contributed by atoms with van der Waals surface area (Å²) in [4.78, 5) is 42.2. The number of aromatic nitrogens is 2. The summed E-state index contributed by atoms with van der Waals surface area (Å²) in [6.07, 6.45) is 2.34. The van der Waals surface area contributed by atoms with Crippen LogP contribution >= 0.6 is 0 Å². The van der Waals surface area contributed by atoms with Crippen LogP contribution in [0.1, 0.15) is 43.2 Å². The Hall–Kier alpha value is -3.74. The maximum Gasteiger partial charge on any atom is 0.263 e. The van der Waals surface area contributed by atoms with Crippen molar-refractivity contribution >= 4 is 17.5 Å². The smallest absolute Gasteiger partial charge is 0.263 e. The van der Waals surface area contributed by atoms with E-state index in [4.69, 9.17) is 0 Å². The van der Waals surface area contributed by atoms with E-state index in [1.807, 2.05) is 32.0 Å². The van der Waals surface area contributed by atoms with Gasteiger partial charge in [0.2, 0.25) is 0 Å². The van der Waals surface area contributed by atoms with Gasteiger partial charge in [0.15, 0.2) is 0 Å². The minimum atomic E-state index is -0.492. The fourth-order valence-electron chi connectivity index (χ4n) is 3.29. The largest absolute Gasteiger partial charge is 0.352 e. The standard InChI is InChI=1S/C24H26N4O3/c1-15-8-9-18(22(29)26-12-10-19-7-5-6-11-25-19)14-20(15)27-23(30)21-16(2)13-17(3)28(4)24(21)31/h5-9,11,13-14H,10,12H2,1-4H3,(H,26,29)(H,27,30). The molecule has 0 bridgehead atoms. The van der Waals surface area contributed by atoms with E-state index in [-0.39, 0.29) is 17.0 Å². The Labute approximate surface area is 181 Å². The molecule has 31 heavy (non-hydrogen) atoms. The molecule has 0 radical (unpaired) electrons. The first-order valence-electron chi connectivity index (χ1n) is 10.0. The fraction of sp³-hybridized carbons (Fsp3) is 0.250. The first kappa shape index (κ1) is 22.0. The molecule has 2 heterocycles. The maximum absolute atomic E-state index is 12.8. The zero-order chi connectivity index (χ0) is 22.5. The monoisotopic (exact) mass is 418 g/mol. The van der Waals surface area contributed by atoms with Crippen LogP contribution in [0.25, 0.3) is 0 Å². The van der Waals surface area contributed by atoms with Crippen molar-refractivity contribution in [1.29, 1.82) is 0 Å². The molecular formula is C24H26N4O3. The van der Waals surface area contributed by atoms with E-state index in [1.165, 1.54) is 4.57 Å². The number of pyridine rings is 2. The molecule has 0 saturated carbocycles. The Morgan fingerprint density at radius 1 is 1.00 bits per heavy atom. The van der Waals surface area contributed by atoms with Crippen molar-refractivity contribution in [3.63, 3.8) is 0 Å².